The number of benzene rings is 2. The molecule has 1 aromatic heterocycles. The predicted molar refractivity (Wildman–Crippen MR) is 97.2 cm³/mol. The first-order chi connectivity index (χ1) is 12.0. The Morgan fingerprint density at radius 3 is 2.40 bits per heavy atom. The Kier molecular flexibility index (Phi) is 4.86. The van der Waals surface area contributed by atoms with Gasteiger partial charge in [0.15, 0.2) is 5.76 Å². The first-order valence-electron chi connectivity index (χ1n) is 7.55. The summed E-state index contributed by atoms with van der Waals surface area (Å²) in [4.78, 5) is 24.2. The SMILES string of the molecule is Cc1ccc(Cl)cc1NC(=O)c1ccc(NC(=O)c2ccco2)cc1. The molecule has 0 aliphatic heterocycles. The van der Waals surface area contributed by atoms with Crippen LogP contribution in [0, 0.1) is 6.92 Å². The van der Waals surface area contributed by atoms with E-state index in [0.717, 1.165) is 5.56 Å². The summed E-state index contributed by atoms with van der Waals surface area (Å²) in [5, 5.41) is 6.07. The van der Waals surface area contributed by atoms with Crippen LogP contribution in [0.4, 0.5) is 11.4 Å². The van der Waals surface area contributed by atoms with Gasteiger partial charge in [0.05, 0.1) is 6.26 Å². The van der Waals surface area contributed by atoms with Gasteiger partial charge in [0, 0.05) is 22.0 Å². The molecule has 0 spiro atoms. The number of rotatable bonds is 4. The highest BCUT2D eigenvalue weighted by atomic mass is 35.5. The van der Waals surface area contributed by atoms with E-state index in [9.17, 15) is 9.59 Å². The molecule has 2 aromatic carbocycles. The van der Waals surface area contributed by atoms with Crippen molar-refractivity contribution in [3.63, 3.8) is 0 Å². The molecule has 0 fully saturated rings. The molecule has 0 saturated carbocycles. The third-order valence-electron chi connectivity index (χ3n) is 3.60. The monoisotopic (exact) mass is 354 g/mol. The van der Waals surface area contributed by atoms with Crippen LogP contribution in [-0.4, -0.2) is 11.8 Å². The van der Waals surface area contributed by atoms with Crippen LogP contribution in [0.2, 0.25) is 5.02 Å². The largest absolute Gasteiger partial charge is 0.459 e. The number of aryl methyl sites for hydroxylation is 1. The highest BCUT2D eigenvalue weighted by Crippen LogP contribution is 2.21. The zero-order valence-corrected chi connectivity index (χ0v) is 14.1. The van der Waals surface area contributed by atoms with Gasteiger partial charge in [-0.3, -0.25) is 9.59 Å². The normalized spacial score (nSPS) is 10.3. The van der Waals surface area contributed by atoms with Crippen molar-refractivity contribution in [2.24, 2.45) is 0 Å². The van der Waals surface area contributed by atoms with Crippen LogP contribution < -0.4 is 10.6 Å². The number of furan rings is 1. The second kappa shape index (κ2) is 7.23. The van der Waals surface area contributed by atoms with E-state index < -0.39 is 0 Å². The van der Waals surface area contributed by atoms with Crippen molar-refractivity contribution in [1.82, 2.24) is 0 Å². The Bertz CT molecular complexity index is 903. The molecule has 0 radical (unpaired) electrons. The molecule has 2 amide bonds. The highest BCUT2D eigenvalue weighted by molar-refractivity contribution is 6.31. The van der Waals surface area contributed by atoms with Crippen LogP contribution in [0.3, 0.4) is 0 Å². The van der Waals surface area contributed by atoms with Crippen molar-refractivity contribution in [3.05, 3.63) is 82.8 Å². The summed E-state index contributed by atoms with van der Waals surface area (Å²) >= 11 is 5.96. The summed E-state index contributed by atoms with van der Waals surface area (Å²) in [6.45, 7) is 1.89. The Morgan fingerprint density at radius 1 is 0.960 bits per heavy atom. The number of carbonyl (C=O) groups is 2. The minimum absolute atomic E-state index is 0.221. The van der Waals surface area contributed by atoms with Crippen molar-refractivity contribution in [2.45, 2.75) is 6.92 Å². The number of anilines is 2. The minimum atomic E-state index is -0.350. The molecule has 0 atom stereocenters. The number of hydrogen-bond donors (Lipinski definition) is 2. The van der Waals surface area contributed by atoms with Crippen molar-refractivity contribution < 1.29 is 14.0 Å². The summed E-state index contributed by atoms with van der Waals surface area (Å²) in [6, 6.07) is 15.1. The number of carbonyl (C=O) groups excluding carboxylic acids is 2. The molecule has 5 nitrogen and oxygen atoms in total. The van der Waals surface area contributed by atoms with Crippen molar-refractivity contribution in [3.8, 4) is 0 Å². The van der Waals surface area contributed by atoms with Crippen molar-refractivity contribution >= 4 is 34.8 Å². The maximum absolute atomic E-state index is 12.3. The molecule has 0 unspecified atom stereocenters. The van der Waals surface area contributed by atoms with Crippen molar-refractivity contribution in [2.75, 3.05) is 10.6 Å². The van der Waals surface area contributed by atoms with Gasteiger partial charge >= 0.3 is 0 Å². The quantitative estimate of drug-likeness (QED) is 0.710. The van der Waals surface area contributed by atoms with E-state index in [1.165, 1.54) is 6.26 Å². The second-order valence-electron chi connectivity index (χ2n) is 5.42. The Hall–Kier alpha value is -3.05. The van der Waals surface area contributed by atoms with Gasteiger partial charge in [-0.2, -0.15) is 0 Å². The maximum Gasteiger partial charge on any atom is 0.291 e. The smallest absolute Gasteiger partial charge is 0.291 e. The Labute approximate surface area is 149 Å². The van der Waals surface area contributed by atoms with E-state index in [0.29, 0.717) is 22.0 Å². The topological polar surface area (TPSA) is 71.3 Å². The molecule has 0 aliphatic rings. The lowest BCUT2D eigenvalue weighted by Gasteiger charge is -2.09. The fraction of sp³-hybridized carbons (Fsp3) is 0.0526. The molecule has 3 rings (SSSR count). The number of nitrogens with one attached hydrogen (secondary N) is 2. The third-order valence-corrected chi connectivity index (χ3v) is 3.83. The summed E-state index contributed by atoms with van der Waals surface area (Å²) in [5.74, 6) is -0.385. The summed E-state index contributed by atoms with van der Waals surface area (Å²) in [6.07, 6.45) is 1.43. The zero-order chi connectivity index (χ0) is 17.8. The van der Waals surface area contributed by atoms with E-state index in [-0.39, 0.29) is 17.6 Å². The van der Waals surface area contributed by atoms with Crippen LogP contribution in [0.25, 0.3) is 0 Å². The van der Waals surface area contributed by atoms with Gasteiger partial charge in [0.25, 0.3) is 11.8 Å². The fourth-order valence-electron chi connectivity index (χ4n) is 2.23. The number of halogens is 1. The van der Waals surface area contributed by atoms with Crippen LogP contribution in [0.5, 0.6) is 0 Å². The zero-order valence-electron chi connectivity index (χ0n) is 13.4. The van der Waals surface area contributed by atoms with Gasteiger partial charge in [0.1, 0.15) is 0 Å². The van der Waals surface area contributed by atoms with Gasteiger partial charge in [0.2, 0.25) is 0 Å². The van der Waals surface area contributed by atoms with E-state index in [1.807, 2.05) is 13.0 Å². The first-order valence-corrected chi connectivity index (χ1v) is 7.93. The van der Waals surface area contributed by atoms with Crippen LogP contribution >= 0.6 is 11.6 Å². The van der Waals surface area contributed by atoms with E-state index in [4.69, 9.17) is 16.0 Å². The average Bonchev–Trinajstić information content (AvgIpc) is 3.13. The second-order valence-corrected chi connectivity index (χ2v) is 5.86. The fourth-order valence-corrected chi connectivity index (χ4v) is 2.40. The predicted octanol–water partition coefficient (Wildman–Crippen LogP) is 4.75. The molecular formula is C19H15ClN2O3. The maximum atomic E-state index is 12.3. The molecule has 3 aromatic rings. The lowest BCUT2D eigenvalue weighted by atomic mass is 10.1. The van der Waals surface area contributed by atoms with Crippen molar-refractivity contribution in [1.29, 1.82) is 0 Å². The Morgan fingerprint density at radius 2 is 1.72 bits per heavy atom. The summed E-state index contributed by atoms with van der Waals surface area (Å²) < 4.78 is 5.03. The van der Waals surface area contributed by atoms with Crippen LogP contribution in [0.15, 0.2) is 65.3 Å². The minimum Gasteiger partial charge on any atom is -0.459 e. The third kappa shape index (κ3) is 4.08. The molecule has 0 aliphatic carbocycles. The first kappa shape index (κ1) is 16.8. The Balaban J connectivity index is 1.68. The summed E-state index contributed by atoms with van der Waals surface area (Å²) in [5.41, 5.74) is 2.61. The van der Waals surface area contributed by atoms with Gasteiger partial charge in [-0.1, -0.05) is 17.7 Å². The number of amides is 2. The lowest BCUT2D eigenvalue weighted by molar-refractivity contribution is 0.0995. The van der Waals surface area contributed by atoms with Crippen LogP contribution in [-0.2, 0) is 0 Å². The summed E-state index contributed by atoms with van der Waals surface area (Å²) in [7, 11) is 0. The van der Waals surface area contributed by atoms with Gasteiger partial charge in [-0.25, -0.2) is 0 Å². The van der Waals surface area contributed by atoms with Crippen LogP contribution in [0.1, 0.15) is 26.5 Å². The average molecular weight is 355 g/mol. The van der Waals surface area contributed by atoms with E-state index >= 15 is 0 Å². The molecule has 25 heavy (non-hydrogen) atoms. The molecule has 0 bridgehead atoms. The van der Waals surface area contributed by atoms with E-state index in [1.54, 1.807) is 48.5 Å². The molecular weight excluding hydrogens is 340 g/mol. The van der Waals surface area contributed by atoms with Gasteiger partial charge < -0.3 is 15.1 Å². The molecule has 1 heterocycles. The number of hydrogen-bond acceptors (Lipinski definition) is 3. The molecule has 6 heteroatoms. The van der Waals surface area contributed by atoms with Gasteiger partial charge in [-0.05, 0) is 61.0 Å². The van der Waals surface area contributed by atoms with Gasteiger partial charge in [-0.15, -0.1) is 0 Å². The van der Waals surface area contributed by atoms with E-state index in [2.05, 4.69) is 10.6 Å². The molecule has 126 valence electrons. The molecule has 2 N–H and O–H groups in total. The lowest BCUT2D eigenvalue weighted by Crippen LogP contribution is -2.14. The standard InChI is InChI=1S/C19H15ClN2O3/c1-12-4-7-14(20)11-16(12)22-18(23)13-5-8-15(9-6-13)21-19(24)17-3-2-10-25-17/h2-11H,1H3,(H,21,24)(H,22,23). The molecule has 0 saturated heterocycles. The highest BCUT2D eigenvalue weighted by Gasteiger charge is 2.11.